The van der Waals surface area contributed by atoms with E-state index in [0.717, 1.165) is 19.3 Å². The molecule has 0 aliphatic heterocycles. The smallest absolute Gasteiger partial charge is 0.372 e. The van der Waals surface area contributed by atoms with Crippen LogP contribution >= 0.6 is 0 Å². The molecule has 1 N–H and O–H groups in total. The zero-order valence-corrected chi connectivity index (χ0v) is 14.0. The lowest BCUT2D eigenvalue weighted by Crippen LogP contribution is -2.61. The fourth-order valence-corrected chi connectivity index (χ4v) is 4.47. The van der Waals surface area contributed by atoms with E-state index in [2.05, 4.69) is 5.32 Å². The SMILES string of the molecule is CCCO[Si](OCCC)(OCCC)C(C)NC(C)=O. The van der Waals surface area contributed by atoms with Gasteiger partial charge in [-0.3, -0.25) is 4.79 Å². The number of amides is 1. The molecule has 0 aromatic carbocycles. The van der Waals surface area contributed by atoms with Crippen molar-refractivity contribution in [2.45, 2.75) is 59.5 Å². The number of rotatable bonds is 11. The van der Waals surface area contributed by atoms with E-state index in [-0.39, 0.29) is 11.6 Å². The minimum absolute atomic E-state index is 0.0929. The predicted molar refractivity (Wildman–Crippen MR) is 77.8 cm³/mol. The minimum atomic E-state index is -2.86. The lowest BCUT2D eigenvalue weighted by Gasteiger charge is -2.34. The van der Waals surface area contributed by atoms with Crippen LogP contribution in [0.4, 0.5) is 0 Å². The van der Waals surface area contributed by atoms with E-state index in [1.807, 2.05) is 27.7 Å². The Morgan fingerprint density at radius 1 is 1.00 bits per heavy atom. The first kappa shape index (κ1) is 18.6. The number of hydrogen-bond acceptors (Lipinski definition) is 4. The molecule has 0 saturated carbocycles. The Morgan fingerprint density at radius 2 is 1.37 bits per heavy atom. The van der Waals surface area contributed by atoms with Gasteiger partial charge in [0.1, 0.15) is 0 Å². The summed E-state index contributed by atoms with van der Waals surface area (Å²) in [4.78, 5) is 11.3. The van der Waals surface area contributed by atoms with Crippen molar-refractivity contribution in [3.63, 3.8) is 0 Å². The van der Waals surface area contributed by atoms with Crippen LogP contribution in [0.5, 0.6) is 0 Å². The van der Waals surface area contributed by atoms with E-state index in [0.29, 0.717) is 19.8 Å². The van der Waals surface area contributed by atoms with Crippen LogP contribution in [0.25, 0.3) is 0 Å². The standard InChI is InChI=1S/C13H29NO4Si/c1-6-9-16-19(17-10-7-2,18-11-8-3)13(5)14-12(4)15/h13H,6-11H2,1-5H3,(H,14,15). The summed E-state index contributed by atoms with van der Waals surface area (Å²) >= 11 is 0. The van der Waals surface area contributed by atoms with Crippen LogP contribution in [0, 0.1) is 0 Å². The third-order valence-electron chi connectivity index (χ3n) is 2.47. The van der Waals surface area contributed by atoms with Crippen LogP contribution in [-0.2, 0) is 18.1 Å². The maximum Gasteiger partial charge on any atom is 0.524 e. The van der Waals surface area contributed by atoms with Crippen LogP contribution in [0.1, 0.15) is 53.9 Å². The van der Waals surface area contributed by atoms with Gasteiger partial charge in [0.25, 0.3) is 0 Å². The first-order valence-electron chi connectivity index (χ1n) is 7.21. The number of hydrogen-bond donors (Lipinski definition) is 1. The summed E-state index contributed by atoms with van der Waals surface area (Å²) in [6, 6.07) is 0. The van der Waals surface area contributed by atoms with Crippen molar-refractivity contribution in [3.8, 4) is 0 Å². The van der Waals surface area contributed by atoms with Crippen molar-refractivity contribution in [1.29, 1.82) is 0 Å². The molecule has 0 aromatic rings. The highest BCUT2D eigenvalue weighted by atomic mass is 28.4. The summed E-state index contributed by atoms with van der Waals surface area (Å²) < 4.78 is 17.8. The summed E-state index contributed by atoms with van der Waals surface area (Å²) in [6.07, 6.45) is 2.69. The van der Waals surface area contributed by atoms with Gasteiger partial charge in [-0.25, -0.2) is 0 Å². The van der Waals surface area contributed by atoms with Crippen molar-refractivity contribution in [2.75, 3.05) is 19.8 Å². The lowest BCUT2D eigenvalue weighted by molar-refractivity contribution is -0.119. The Bertz CT molecular complexity index is 229. The van der Waals surface area contributed by atoms with Gasteiger partial charge in [0.2, 0.25) is 5.91 Å². The quantitative estimate of drug-likeness (QED) is 0.593. The predicted octanol–water partition coefficient (Wildman–Crippen LogP) is 2.27. The Morgan fingerprint density at radius 3 is 1.63 bits per heavy atom. The van der Waals surface area contributed by atoms with E-state index < -0.39 is 8.80 Å². The molecule has 6 heteroatoms. The molecule has 0 heterocycles. The molecule has 1 amide bonds. The molecule has 0 aromatic heterocycles. The maximum atomic E-state index is 11.3. The van der Waals surface area contributed by atoms with Crippen molar-refractivity contribution in [3.05, 3.63) is 0 Å². The van der Waals surface area contributed by atoms with Gasteiger partial charge < -0.3 is 18.6 Å². The van der Waals surface area contributed by atoms with Crippen molar-refractivity contribution >= 4 is 14.7 Å². The molecule has 19 heavy (non-hydrogen) atoms. The van der Waals surface area contributed by atoms with Crippen LogP contribution < -0.4 is 5.32 Å². The zero-order chi connectivity index (χ0) is 14.7. The molecule has 5 nitrogen and oxygen atoms in total. The van der Waals surface area contributed by atoms with Crippen molar-refractivity contribution in [2.24, 2.45) is 0 Å². The van der Waals surface area contributed by atoms with Gasteiger partial charge in [0.15, 0.2) is 0 Å². The normalized spacial score (nSPS) is 13.3. The molecule has 0 radical (unpaired) electrons. The molecule has 1 atom stereocenters. The molecule has 0 aliphatic carbocycles. The topological polar surface area (TPSA) is 56.8 Å². The second kappa shape index (κ2) is 10.4. The molecule has 0 spiro atoms. The lowest BCUT2D eigenvalue weighted by atomic mass is 10.5. The molecular weight excluding hydrogens is 262 g/mol. The highest BCUT2D eigenvalue weighted by molar-refractivity contribution is 6.62. The number of carbonyl (C=O) groups excluding carboxylic acids is 1. The van der Waals surface area contributed by atoms with Crippen LogP contribution in [0.15, 0.2) is 0 Å². The minimum Gasteiger partial charge on any atom is -0.372 e. The monoisotopic (exact) mass is 291 g/mol. The van der Waals surface area contributed by atoms with Gasteiger partial charge in [0.05, 0.1) is 5.67 Å². The van der Waals surface area contributed by atoms with Gasteiger partial charge >= 0.3 is 8.80 Å². The zero-order valence-electron chi connectivity index (χ0n) is 13.0. The van der Waals surface area contributed by atoms with Crippen molar-refractivity contribution < 1.29 is 18.1 Å². The Balaban J connectivity index is 4.89. The maximum absolute atomic E-state index is 11.3. The average Bonchev–Trinajstić information content (AvgIpc) is 2.37. The third-order valence-corrected chi connectivity index (χ3v) is 5.50. The summed E-state index contributed by atoms with van der Waals surface area (Å²) in [6.45, 7) is 11.3. The van der Waals surface area contributed by atoms with Gasteiger partial charge in [0, 0.05) is 26.7 Å². The summed E-state index contributed by atoms with van der Waals surface area (Å²) in [5, 5.41) is 2.86. The number of carbonyl (C=O) groups is 1. The van der Waals surface area contributed by atoms with Crippen LogP contribution in [0.2, 0.25) is 0 Å². The largest absolute Gasteiger partial charge is 0.524 e. The van der Waals surface area contributed by atoms with Crippen LogP contribution in [-0.4, -0.2) is 40.2 Å². The first-order valence-corrected chi connectivity index (χ1v) is 9.01. The third kappa shape index (κ3) is 7.05. The number of nitrogens with one attached hydrogen (secondary N) is 1. The molecule has 0 bridgehead atoms. The van der Waals surface area contributed by atoms with E-state index in [4.69, 9.17) is 13.3 Å². The average molecular weight is 291 g/mol. The van der Waals surface area contributed by atoms with Gasteiger partial charge in [-0.15, -0.1) is 0 Å². The van der Waals surface area contributed by atoms with Gasteiger partial charge in [-0.1, -0.05) is 20.8 Å². The van der Waals surface area contributed by atoms with Crippen LogP contribution in [0.3, 0.4) is 0 Å². The van der Waals surface area contributed by atoms with Gasteiger partial charge in [-0.05, 0) is 26.2 Å². The summed E-state index contributed by atoms with van der Waals surface area (Å²) in [5.74, 6) is -0.0929. The first-order chi connectivity index (χ1) is 9.02. The second-order valence-corrected chi connectivity index (χ2v) is 7.51. The molecule has 0 fully saturated rings. The summed E-state index contributed by atoms with van der Waals surface area (Å²) in [5.41, 5.74) is -0.227. The Kier molecular flexibility index (Phi) is 10.1. The molecule has 0 saturated heterocycles. The second-order valence-electron chi connectivity index (χ2n) is 4.57. The fourth-order valence-electron chi connectivity index (χ4n) is 1.63. The molecule has 0 rings (SSSR count). The highest BCUT2D eigenvalue weighted by Crippen LogP contribution is 2.16. The summed E-state index contributed by atoms with van der Waals surface area (Å²) in [7, 11) is -2.86. The highest BCUT2D eigenvalue weighted by Gasteiger charge is 2.48. The van der Waals surface area contributed by atoms with E-state index in [1.54, 1.807) is 0 Å². The van der Waals surface area contributed by atoms with E-state index in [1.165, 1.54) is 6.92 Å². The molecule has 0 aliphatic rings. The fraction of sp³-hybridized carbons (Fsp3) is 0.923. The van der Waals surface area contributed by atoms with E-state index in [9.17, 15) is 4.79 Å². The molecular formula is C13H29NO4Si. The molecule has 114 valence electrons. The van der Waals surface area contributed by atoms with E-state index >= 15 is 0 Å². The Labute approximate surface area is 118 Å². The van der Waals surface area contributed by atoms with Gasteiger partial charge in [-0.2, -0.15) is 0 Å². The molecule has 1 unspecified atom stereocenters. The van der Waals surface area contributed by atoms with Crippen molar-refractivity contribution in [1.82, 2.24) is 5.32 Å². The Hall–Kier alpha value is -0.433.